The molecule has 0 aliphatic heterocycles. The summed E-state index contributed by atoms with van der Waals surface area (Å²) in [6.07, 6.45) is 0. The van der Waals surface area contributed by atoms with Crippen molar-refractivity contribution in [3.05, 3.63) is 70.9 Å². The van der Waals surface area contributed by atoms with Crippen LogP contribution in [-0.4, -0.2) is 18.4 Å². The molecule has 0 unspecified atom stereocenters. The average Bonchev–Trinajstić information content (AvgIpc) is 3.04. The van der Waals surface area contributed by atoms with E-state index in [4.69, 9.17) is 16.0 Å². The second-order valence-corrected chi connectivity index (χ2v) is 6.11. The zero-order valence-corrected chi connectivity index (χ0v) is 14.3. The smallest absolute Gasteiger partial charge is 0.251 e. The highest BCUT2D eigenvalue weighted by atomic mass is 35.5. The topological polar surface area (TPSA) is 71.3 Å². The van der Waals surface area contributed by atoms with Crippen molar-refractivity contribution in [1.82, 2.24) is 10.6 Å². The van der Waals surface area contributed by atoms with Gasteiger partial charge in [-0.1, -0.05) is 35.9 Å². The molecule has 3 aromatic rings. The Labute approximate surface area is 150 Å². The molecule has 0 spiro atoms. The van der Waals surface area contributed by atoms with Crippen LogP contribution in [0.3, 0.4) is 0 Å². The van der Waals surface area contributed by atoms with E-state index in [9.17, 15) is 9.59 Å². The third-order valence-corrected chi connectivity index (χ3v) is 3.98. The standard InChI is InChI=1S/C19H17ClN2O3/c1-12(17-10-13-5-2-3-8-16(13)25-17)22-18(23)11-21-19(24)14-6-4-7-15(20)9-14/h2-10,12H,11H2,1H3,(H,21,24)(H,22,23)/t12-/m0/s1. The molecule has 1 aromatic heterocycles. The Bertz CT molecular complexity index is 887. The van der Waals surface area contributed by atoms with E-state index in [1.807, 2.05) is 37.3 Å². The molecule has 1 heterocycles. The third-order valence-electron chi connectivity index (χ3n) is 3.75. The molecule has 0 saturated heterocycles. The minimum Gasteiger partial charge on any atom is -0.459 e. The number of hydrogen-bond donors (Lipinski definition) is 2. The first kappa shape index (κ1) is 17.0. The quantitative estimate of drug-likeness (QED) is 0.732. The largest absolute Gasteiger partial charge is 0.459 e. The summed E-state index contributed by atoms with van der Waals surface area (Å²) < 4.78 is 5.72. The summed E-state index contributed by atoms with van der Waals surface area (Å²) in [5, 5.41) is 6.82. The lowest BCUT2D eigenvalue weighted by atomic mass is 10.2. The van der Waals surface area contributed by atoms with Gasteiger partial charge < -0.3 is 15.1 Å². The van der Waals surface area contributed by atoms with Gasteiger partial charge >= 0.3 is 0 Å². The molecular formula is C19H17ClN2O3. The van der Waals surface area contributed by atoms with Gasteiger partial charge in [0.25, 0.3) is 5.91 Å². The summed E-state index contributed by atoms with van der Waals surface area (Å²) in [6, 6.07) is 15.8. The van der Waals surface area contributed by atoms with Gasteiger partial charge in [-0.05, 0) is 37.3 Å². The maximum absolute atomic E-state index is 12.1. The number of halogens is 1. The SMILES string of the molecule is C[C@H](NC(=O)CNC(=O)c1cccc(Cl)c1)c1cc2ccccc2o1. The number of para-hydroxylation sites is 1. The predicted molar refractivity (Wildman–Crippen MR) is 96.6 cm³/mol. The number of hydrogen-bond acceptors (Lipinski definition) is 3. The molecule has 0 saturated carbocycles. The molecule has 5 nitrogen and oxygen atoms in total. The van der Waals surface area contributed by atoms with Crippen molar-refractivity contribution in [2.75, 3.05) is 6.54 Å². The van der Waals surface area contributed by atoms with Crippen LogP contribution in [0.2, 0.25) is 5.02 Å². The van der Waals surface area contributed by atoms with Crippen LogP contribution in [0, 0.1) is 0 Å². The van der Waals surface area contributed by atoms with Gasteiger partial charge in [0.05, 0.1) is 12.6 Å². The van der Waals surface area contributed by atoms with Crippen molar-refractivity contribution in [2.45, 2.75) is 13.0 Å². The molecule has 6 heteroatoms. The molecule has 128 valence electrons. The van der Waals surface area contributed by atoms with Gasteiger partial charge in [-0.25, -0.2) is 0 Å². The Hall–Kier alpha value is -2.79. The number of benzene rings is 2. The van der Waals surface area contributed by atoms with Crippen LogP contribution < -0.4 is 10.6 Å². The summed E-state index contributed by atoms with van der Waals surface area (Å²) in [6.45, 7) is 1.70. The molecule has 25 heavy (non-hydrogen) atoms. The Balaban J connectivity index is 1.55. The van der Waals surface area contributed by atoms with Gasteiger partial charge in [-0.2, -0.15) is 0 Å². The van der Waals surface area contributed by atoms with Gasteiger partial charge in [-0.3, -0.25) is 9.59 Å². The number of furan rings is 1. The first-order chi connectivity index (χ1) is 12.0. The Kier molecular flexibility index (Phi) is 5.05. The zero-order chi connectivity index (χ0) is 17.8. The van der Waals surface area contributed by atoms with Crippen LogP contribution in [0.5, 0.6) is 0 Å². The highest BCUT2D eigenvalue weighted by Crippen LogP contribution is 2.23. The van der Waals surface area contributed by atoms with Gasteiger partial charge in [-0.15, -0.1) is 0 Å². The predicted octanol–water partition coefficient (Wildman–Crippen LogP) is 3.69. The number of carbonyl (C=O) groups is 2. The van der Waals surface area contributed by atoms with Crippen LogP contribution in [-0.2, 0) is 4.79 Å². The molecule has 0 bridgehead atoms. The molecule has 2 N–H and O–H groups in total. The van der Waals surface area contributed by atoms with E-state index in [-0.39, 0.29) is 24.4 Å². The lowest BCUT2D eigenvalue weighted by molar-refractivity contribution is -0.120. The summed E-state index contributed by atoms with van der Waals surface area (Å²) in [4.78, 5) is 24.1. The van der Waals surface area contributed by atoms with Crippen LogP contribution in [0.4, 0.5) is 0 Å². The first-order valence-electron chi connectivity index (χ1n) is 7.84. The maximum atomic E-state index is 12.1. The van der Waals surface area contributed by atoms with Gasteiger partial charge in [0, 0.05) is 16.0 Å². The highest BCUT2D eigenvalue weighted by Gasteiger charge is 2.15. The molecule has 1 atom stereocenters. The van der Waals surface area contributed by atoms with Crippen molar-refractivity contribution in [3.8, 4) is 0 Å². The Morgan fingerprint density at radius 1 is 1.12 bits per heavy atom. The van der Waals surface area contributed by atoms with Crippen molar-refractivity contribution in [1.29, 1.82) is 0 Å². The molecule has 0 aliphatic rings. The Morgan fingerprint density at radius 3 is 2.68 bits per heavy atom. The third kappa shape index (κ3) is 4.19. The van der Waals surface area contributed by atoms with Crippen LogP contribution in [0.25, 0.3) is 11.0 Å². The molecule has 0 aliphatic carbocycles. The van der Waals surface area contributed by atoms with E-state index in [1.54, 1.807) is 24.3 Å². The minimum absolute atomic E-state index is 0.129. The highest BCUT2D eigenvalue weighted by molar-refractivity contribution is 6.30. The average molecular weight is 357 g/mol. The summed E-state index contributed by atoms with van der Waals surface area (Å²) in [5.41, 5.74) is 1.18. The molecular weight excluding hydrogens is 340 g/mol. The van der Waals surface area contributed by atoms with E-state index in [0.717, 1.165) is 11.0 Å². The Morgan fingerprint density at radius 2 is 1.92 bits per heavy atom. The van der Waals surface area contributed by atoms with E-state index in [2.05, 4.69) is 10.6 Å². The number of fused-ring (bicyclic) bond motifs is 1. The molecule has 0 fully saturated rings. The fraction of sp³-hybridized carbons (Fsp3) is 0.158. The lowest BCUT2D eigenvalue weighted by Gasteiger charge is -2.12. The summed E-state index contributed by atoms with van der Waals surface area (Å²) in [7, 11) is 0. The van der Waals surface area contributed by atoms with Gasteiger partial charge in [0.15, 0.2) is 0 Å². The fourth-order valence-electron chi connectivity index (χ4n) is 2.47. The second kappa shape index (κ2) is 7.40. The summed E-state index contributed by atoms with van der Waals surface area (Å²) >= 11 is 5.85. The van der Waals surface area contributed by atoms with Crippen molar-refractivity contribution >= 4 is 34.4 Å². The van der Waals surface area contributed by atoms with E-state index in [1.165, 1.54) is 0 Å². The van der Waals surface area contributed by atoms with Crippen molar-refractivity contribution < 1.29 is 14.0 Å². The van der Waals surface area contributed by atoms with E-state index < -0.39 is 0 Å². The number of carbonyl (C=O) groups excluding carboxylic acids is 2. The normalized spacial score (nSPS) is 11.9. The van der Waals surface area contributed by atoms with E-state index >= 15 is 0 Å². The monoisotopic (exact) mass is 356 g/mol. The van der Waals surface area contributed by atoms with E-state index in [0.29, 0.717) is 16.3 Å². The second-order valence-electron chi connectivity index (χ2n) is 5.67. The van der Waals surface area contributed by atoms with Crippen LogP contribution in [0.1, 0.15) is 29.1 Å². The summed E-state index contributed by atoms with van der Waals surface area (Å²) in [5.74, 6) is 0.00749. The first-order valence-corrected chi connectivity index (χ1v) is 8.22. The molecule has 3 rings (SSSR count). The number of amides is 2. The van der Waals surface area contributed by atoms with Crippen LogP contribution >= 0.6 is 11.6 Å². The molecule has 2 aromatic carbocycles. The van der Waals surface area contributed by atoms with Gasteiger partial charge in [0.1, 0.15) is 11.3 Å². The fourth-order valence-corrected chi connectivity index (χ4v) is 2.66. The maximum Gasteiger partial charge on any atom is 0.251 e. The molecule has 2 amide bonds. The minimum atomic E-state index is -0.353. The van der Waals surface area contributed by atoms with Crippen molar-refractivity contribution in [2.24, 2.45) is 0 Å². The zero-order valence-electron chi connectivity index (χ0n) is 13.6. The lowest BCUT2D eigenvalue weighted by Crippen LogP contribution is -2.37. The van der Waals surface area contributed by atoms with Crippen LogP contribution in [0.15, 0.2) is 59.0 Å². The van der Waals surface area contributed by atoms with Gasteiger partial charge in [0.2, 0.25) is 5.91 Å². The molecule has 0 radical (unpaired) electrons. The number of rotatable bonds is 5. The van der Waals surface area contributed by atoms with Crippen molar-refractivity contribution in [3.63, 3.8) is 0 Å². The number of nitrogens with one attached hydrogen (secondary N) is 2.